The number of hydrogen-bond acceptors (Lipinski definition) is 4. The molecule has 0 aromatic heterocycles. The van der Waals surface area contributed by atoms with E-state index in [9.17, 15) is 14.7 Å². The van der Waals surface area contributed by atoms with Gasteiger partial charge in [0.25, 0.3) is 0 Å². The molecular formula is C27H41NO4. The summed E-state index contributed by atoms with van der Waals surface area (Å²) >= 11 is 0. The van der Waals surface area contributed by atoms with Gasteiger partial charge in [0, 0.05) is 6.54 Å². The third-order valence-corrected chi connectivity index (χ3v) is 6.13. The number of hydrogen-bond donors (Lipinski definition) is 2. The van der Waals surface area contributed by atoms with Crippen LogP contribution in [0, 0.1) is 0 Å². The SMILES string of the molecule is CCCCCCCCCCCCOC(=O)CCNC(CC1=CCc2ccccc21)C(=O)O. The quantitative estimate of drug-likeness (QED) is 0.218. The number of unbranched alkanes of at least 4 members (excludes halogenated alkanes) is 9. The molecule has 0 bridgehead atoms. The van der Waals surface area contributed by atoms with Gasteiger partial charge in [-0.3, -0.25) is 9.59 Å². The lowest BCUT2D eigenvalue weighted by molar-refractivity contribution is -0.144. The average Bonchev–Trinajstić information content (AvgIpc) is 3.19. The van der Waals surface area contributed by atoms with Crippen molar-refractivity contribution in [3.63, 3.8) is 0 Å². The molecule has 0 amide bonds. The molecule has 1 unspecified atom stereocenters. The van der Waals surface area contributed by atoms with Gasteiger partial charge >= 0.3 is 11.9 Å². The van der Waals surface area contributed by atoms with Gasteiger partial charge in [0.2, 0.25) is 0 Å². The first kappa shape index (κ1) is 26.1. The summed E-state index contributed by atoms with van der Waals surface area (Å²) in [5.74, 6) is -1.16. The van der Waals surface area contributed by atoms with Crippen LogP contribution < -0.4 is 5.32 Å². The van der Waals surface area contributed by atoms with Gasteiger partial charge in [-0.05, 0) is 36.0 Å². The minimum atomic E-state index is -0.894. The molecule has 178 valence electrons. The molecule has 1 aliphatic carbocycles. The number of benzene rings is 1. The minimum Gasteiger partial charge on any atom is -0.480 e. The van der Waals surface area contributed by atoms with Crippen LogP contribution in [0.4, 0.5) is 0 Å². The fourth-order valence-electron chi connectivity index (χ4n) is 4.21. The summed E-state index contributed by atoms with van der Waals surface area (Å²) in [6.45, 7) is 3.01. The van der Waals surface area contributed by atoms with Gasteiger partial charge in [0.1, 0.15) is 6.04 Å². The molecule has 2 rings (SSSR count). The van der Waals surface area contributed by atoms with E-state index in [1.165, 1.54) is 56.9 Å². The minimum absolute atomic E-state index is 0.192. The van der Waals surface area contributed by atoms with Gasteiger partial charge in [-0.2, -0.15) is 0 Å². The monoisotopic (exact) mass is 443 g/mol. The highest BCUT2D eigenvalue weighted by atomic mass is 16.5. The Kier molecular flexibility index (Phi) is 12.8. The maximum atomic E-state index is 11.9. The second kappa shape index (κ2) is 15.6. The first-order valence-electron chi connectivity index (χ1n) is 12.5. The lowest BCUT2D eigenvalue weighted by atomic mass is 9.99. The molecule has 1 aromatic carbocycles. The molecule has 0 radical (unpaired) electrons. The van der Waals surface area contributed by atoms with Crippen LogP contribution in [0.2, 0.25) is 0 Å². The van der Waals surface area contributed by atoms with E-state index >= 15 is 0 Å². The molecule has 32 heavy (non-hydrogen) atoms. The predicted molar refractivity (Wildman–Crippen MR) is 130 cm³/mol. The Morgan fingerprint density at radius 2 is 1.66 bits per heavy atom. The van der Waals surface area contributed by atoms with E-state index in [1.807, 2.05) is 18.2 Å². The van der Waals surface area contributed by atoms with E-state index in [4.69, 9.17) is 4.74 Å². The van der Waals surface area contributed by atoms with Crippen molar-refractivity contribution in [2.45, 2.75) is 96.4 Å². The van der Waals surface area contributed by atoms with Crippen molar-refractivity contribution in [2.75, 3.05) is 13.2 Å². The van der Waals surface area contributed by atoms with E-state index in [1.54, 1.807) is 0 Å². The lowest BCUT2D eigenvalue weighted by Gasteiger charge is -2.16. The number of carbonyl (C=O) groups excluding carboxylic acids is 1. The maximum Gasteiger partial charge on any atom is 0.321 e. The average molecular weight is 444 g/mol. The molecule has 0 aliphatic heterocycles. The third kappa shape index (κ3) is 9.99. The normalized spacial score (nSPS) is 13.5. The summed E-state index contributed by atoms with van der Waals surface area (Å²) in [5, 5.41) is 12.6. The molecule has 1 aliphatic rings. The molecule has 2 N–H and O–H groups in total. The number of ether oxygens (including phenoxy) is 1. The molecule has 0 spiro atoms. The van der Waals surface area contributed by atoms with Gasteiger partial charge in [0.05, 0.1) is 13.0 Å². The van der Waals surface area contributed by atoms with Crippen molar-refractivity contribution >= 4 is 17.5 Å². The van der Waals surface area contributed by atoms with Crippen LogP contribution in [-0.2, 0) is 20.7 Å². The number of rotatable bonds is 18. The standard InChI is InChI=1S/C27H41NO4/c1-2-3-4-5-6-7-8-9-10-13-20-32-26(29)18-19-28-25(27(30)31)21-23-17-16-22-14-11-12-15-24(22)23/h11-12,14-15,17,25,28H,2-10,13,16,18-21H2,1H3,(H,30,31). The van der Waals surface area contributed by atoms with Gasteiger partial charge in [0.15, 0.2) is 0 Å². The highest BCUT2D eigenvalue weighted by molar-refractivity contribution is 5.80. The van der Waals surface area contributed by atoms with Crippen LogP contribution in [0.1, 0.15) is 95.1 Å². The summed E-state index contributed by atoms with van der Waals surface area (Å²) in [5.41, 5.74) is 3.43. The number of fused-ring (bicyclic) bond motifs is 1. The Hall–Kier alpha value is -2.14. The fourth-order valence-corrected chi connectivity index (χ4v) is 4.21. The first-order chi connectivity index (χ1) is 15.6. The zero-order chi connectivity index (χ0) is 23.0. The van der Waals surface area contributed by atoms with Crippen LogP contribution in [0.5, 0.6) is 0 Å². The van der Waals surface area contributed by atoms with E-state index in [2.05, 4.69) is 24.4 Å². The van der Waals surface area contributed by atoms with Crippen molar-refractivity contribution in [3.05, 3.63) is 41.5 Å². The summed E-state index contributed by atoms with van der Waals surface area (Å²) in [6, 6.07) is 7.39. The van der Waals surface area contributed by atoms with Crippen molar-refractivity contribution < 1.29 is 19.4 Å². The Morgan fingerprint density at radius 1 is 1.00 bits per heavy atom. The van der Waals surface area contributed by atoms with Gasteiger partial charge in [-0.1, -0.05) is 95.1 Å². The summed E-state index contributed by atoms with van der Waals surface area (Å²) in [6.07, 6.45) is 16.0. The van der Waals surface area contributed by atoms with E-state index in [0.717, 1.165) is 30.4 Å². The highest BCUT2D eigenvalue weighted by Crippen LogP contribution is 2.30. The maximum absolute atomic E-state index is 11.9. The lowest BCUT2D eigenvalue weighted by Crippen LogP contribution is -2.38. The smallest absolute Gasteiger partial charge is 0.321 e. The predicted octanol–water partition coefficient (Wildman–Crippen LogP) is 5.91. The second-order valence-electron chi connectivity index (χ2n) is 8.79. The van der Waals surface area contributed by atoms with Gasteiger partial charge in [-0.25, -0.2) is 0 Å². The van der Waals surface area contributed by atoms with Crippen LogP contribution >= 0.6 is 0 Å². The summed E-state index contributed by atoms with van der Waals surface area (Å²) in [7, 11) is 0. The Bertz CT molecular complexity index is 728. The van der Waals surface area contributed by atoms with Gasteiger partial charge < -0.3 is 15.2 Å². The number of nitrogens with one attached hydrogen (secondary N) is 1. The zero-order valence-corrected chi connectivity index (χ0v) is 19.7. The molecule has 1 aromatic rings. The van der Waals surface area contributed by atoms with Crippen molar-refractivity contribution in [3.8, 4) is 0 Å². The largest absolute Gasteiger partial charge is 0.480 e. The molecule has 0 saturated carbocycles. The Labute approximate surface area is 193 Å². The number of aliphatic carboxylic acids is 1. The first-order valence-corrected chi connectivity index (χ1v) is 12.5. The van der Waals surface area contributed by atoms with E-state index in [0.29, 0.717) is 19.6 Å². The van der Waals surface area contributed by atoms with E-state index in [-0.39, 0.29) is 12.4 Å². The molecule has 0 saturated heterocycles. The molecule has 5 heteroatoms. The van der Waals surface area contributed by atoms with Crippen molar-refractivity contribution in [2.24, 2.45) is 0 Å². The fraction of sp³-hybridized carbons (Fsp3) is 0.630. The Morgan fingerprint density at radius 3 is 2.34 bits per heavy atom. The molecular weight excluding hydrogens is 402 g/mol. The zero-order valence-electron chi connectivity index (χ0n) is 19.7. The van der Waals surface area contributed by atoms with Crippen LogP contribution in [0.3, 0.4) is 0 Å². The van der Waals surface area contributed by atoms with Gasteiger partial charge in [-0.15, -0.1) is 0 Å². The number of carboxylic acid groups (broad SMARTS) is 1. The third-order valence-electron chi connectivity index (χ3n) is 6.13. The molecule has 1 atom stereocenters. The number of carbonyl (C=O) groups is 2. The molecule has 0 heterocycles. The number of carboxylic acids is 1. The van der Waals surface area contributed by atoms with Crippen molar-refractivity contribution in [1.82, 2.24) is 5.32 Å². The topological polar surface area (TPSA) is 75.6 Å². The second-order valence-corrected chi connectivity index (χ2v) is 8.79. The summed E-state index contributed by atoms with van der Waals surface area (Å²) in [4.78, 5) is 23.6. The van der Waals surface area contributed by atoms with E-state index < -0.39 is 12.0 Å². The van der Waals surface area contributed by atoms with Crippen LogP contribution in [-0.4, -0.2) is 36.2 Å². The number of esters is 1. The number of allylic oxidation sites excluding steroid dienone is 1. The van der Waals surface area contributed by atoms with Crippen molar-refractivity contribution in [1.29, 1.82) is 0 Å². The summed E-state index contributed by atoms with van der Waals surface area (Å²) < 4.78 is 5.30. The highest BCUT2D eigenvalue weighted by Gasteiger charge is 2.22. The Balaban J connectivity index is 1.52. The van der Waals surface area contributed by atoms with Crippen LogP contribution in [0.25, 0.3) is 5.57 Å². The van der Waals surface area contributed by atoms with Crippen LogP contribution in [0.15, 0.2) is 30.3 Å². The molecule has 5 nitrogen and oxygen atoms in total. The molecule has 0 fully saturated rings.